The van der Waals surface area contributed by atoms with Crippen LogP contribution in [-0.4, -0.2) is 7.25 Å². The Hall–Kier alpha value is -2.25. The molecule has 0 spiro atoms. The van der Waals surface area contributed by atoms with E-state index in [1.807, 2.05) is 48.8 Å². The van der Waals surface area contributed by atoms with Crippen LogP contribution < -0.4 is 4.57 Å². The smallest absolute Gasteiger partial charge is 0.418 e. The molecule has 0 aliphatic carbocycles. The first kappa shape index (κ1) is 17.8. The van der Waals surface area contributed by atoms with Gasteiger partial charge in [0.25, 0.3) is 0 Å². The first-order chi connectivity index (χ1) is 10.3. The number of nitrogens with zero attached hydrogens (tertiary/aromatic N) is 3. The lowest BCUT2D eigenvalue weighted by Crippen LogP contribution is -2.30. The van der Waals surface area contributed by atoms with Crippen molar-refractivity contribution in [3.63, 3.8) is 0 Å². The number of aryl methyl sites for hydroxylation is 2. The second kappa shape index (κ2) is 8.26. The third-order valence-corrected chi connectivity index (χ3v) is 2.55. The van der Waals surface area contributed by atoms with E-state index in [2.05, 4.69) is 28.6 Å². The predicted octanol–water partition coefficient (Wildman–Crippen LogP) is 5.02. The van der Waals surface area contributed by atoms with Crippen LogP contribution in [0.1, 0.15) is 12.5 Å². The zero-order valence-corrected chi connectivity index (χ0v) is 12.3. The van der Waals surface area contributed by atoms with Gasteiger partial charge < -0.3 is 17.3 Å². The Labute approximate surface area is 126 Å². The molecule has 0 N–H and O–H groups in total. The molecule has 2 aromatic rings. The SMILES string of the molecule is CC[n+]1ccc(N=Nc2ccc(C)cc2)cc1.F[B-](F)(F)F. The monoisotopic (exact) mass is 313 g/mol. The second-order valence-electron chi connectivity index (χ2n) is 4.42. The Morgan fingerprint density at radius 3 is 1.68 bits per heavy atom. The van der Waals surface area contributed by atoms with Gasteiger partial charge >= 0.3 is 7.25 Å². The summed E-state index contributed by atoms with van der Waals surface area (Å²) in [5.74, 6) is 0. The van der Waals surface area contributed by atoms with Crippen molar-refractivity contribution in [1.82, 2.24) is 0 Å². The zero-order valence-electron chi connectivity index (χ0n) is 12.3. The van der Waals surface area contributed by atoms with E-state index in [0.717, 1.165) is 17.9 Å². The molecule has 0 aliphatic heterocycles. The maximum absolute atomic E-state index is 9.75. The van der Waals surface area contributed by atoms with Crippen molar-refractivity contribution < 1.29 is 21.8 Å². The van der Waals surface area contributed by atoms with Gasteiger partial charge in [-0.15, -0.1) is 0 Å². The van der Waals surface area contributed by atoms with E-state index in [0.29, 0.717) is 0 Å². The summed E-state index contributed by atoms with van der Waals surface area (Å²) in [4.78, 5) is 0. The number of aromatic nitrogens is 1. The van der Waals surface area contributed by atoms with Gasteiger partial charge in [0.2, 0.25) is 0 Å². The van der Waals surface area contributed by atoms with E-state index in [1.165, 1.54) is 5.56 Å². The summed E-state index contributed by atoms with van der Waals surface area (Å²) >= 11 is 0. The minimum atomic E-state index is -6.00. The number of benzene rings is 1. The van der Waals surface area contributed by atoms with Crippen LogP contribution in [0.5, 0.6) is 0 Å². The third-order valence-electron chi connectivity index (χ3n) is 2.55. The van der Waals surface area contributed by atoms with Crippen molar-refractivity contribution in [2.45, 2.75) is 20.4 Å². The van der Waals surface area contributed by atoms with Crippen LogP contribution >= 0.6 is 0 Å². The number of azo groups is 1. The van der Waals surface area contributed by atoms with Crippen LogP contribution in [0.4, 0.5) is 28.6 Å². The quantitative estimate of drug-likeness (QED) is 0.329. The van der Waals surface area contributed by atoms with Gasteiger partial charge in [0.1, 0.15) is 6.54 Å². The summed E-state index contributed by atoms with van der Waals surface area (Å²) in [5, 5.41) is 8.38. The Morgan fingerprint density at radius 1 is 0.864 bits per heavy atom. The van der Waals surface area contributed by atoms with E-state index in [-0.39, 0.29) is 0 Å². The van der Waals surface area contributed by atoms with Crippen LogP contribution in [0.15, 0.2) is 59.0 Å². The molecule has 22 heavy (non-hydrogen) atoms. The van der Waals surface area contributed by atoms with Gasteiger partial charge in [0, 0.05) is 12.1 Å². The molecule has 1 aromatic carbocycles. The zero-order chi connectivity index (χ0) is 16.6. The van der Waals surface area contributed by atoms with Gasteiger partial charge in [0.05, 0.1) is 11.4 Å². The van der Waals surface area contributed by atoms with Crippen molar-refractivity contribution in [3.8, 4) is 0 Å². The number of hydrogen-bond acceptors (Lipinski definition) is 2. The summed E-state index contributed by atoms with van der Waals surface area (Å²) in [7, 11) is -6.00. The van der Waals surface area contributed by atoms with Gasteiger partial charge in [-0.2, -0.15) is 10.2 Å². The molecule has 0 fully saturated rings. The number of pyridine rings is 1. The Bertz CT molecular complexity index is 589. The molecular weight excluding hydrogens is 297 g/mol. The van der Waals surface area contributed by atoms with Crippen molar-refractivity contribution in [1.29, 1.82) is 0 Å². The van der Waals surface area contributed by atoms with Gasteiger partial charge in [-0.3, -0.25) is 0 Å². The van der Waals surface area contributed by atoms with Crippen LogP contribution in [0.2, 0.25) is 0 Å². The van der Waals surface area contributed by atoms with Crippen LogP contribution in [0.25, 0.3) is 0 Å². The standard InChI is InChI=1S/C14H16N3.BF4/c1-3-17-10-8-14(9-11-17)16-15-13-6-4-12(2)5-7-13;2-1(3,4)5/h4-11H,3H2,1-2H3;/q+1;-1. The fraction of sp³-hybridized carbons (Fsp3) is 0.214. The molecular formula is C14H16BF4N3. The molecule has 0 saturated heterocycles. The number of rotatable bonds is 3. The summed E-state index contributed by atoms with van der Waals surface area (Å²) in [6.45, 7) is 5.13. The van der Waals surface area contributed by atoms with E-state index in [1.54, 1.807) is 0 Å². The maximum Gasteiger partial charge on any atom is 0.673 e. The Balaban J connectivity index is 0.000000422. The van der Waals surface area contributed by atoms with Gasteiger partial charge in [0.15, 0.2) is 12.4 Å². The molecule has 1 heterocycles. The highest BCUT2D eigenvalue weighted by Gasteiger charge is 2.20. The molecule has 3 nitrogen and oxygen atoms in total. The van der Waals surface area contributed by atoms with Crippen LogP contribution in [0.3, 0.4) is 0 Å². The van der Waals surface area contributed by atoms with Crippen molar-refractivity contribution in [3.05, 3.63) is 54.4 Å². The molecule has 2 rings (SSSR count). The van der Waals surface area contributed by atoms with Gasteiger partial charge in [-0.25, -0.2) is 4.57 Å². The molecule has 8 heteroatoms. The average molecular weight is 313 g/mol. The highest BCUT2D eigenvalue weighted by molar-refractivity contribution is 6.50. The third kappa shape index (κ3) is 8.13. The molecule has 118 valence electrons. The molecule has 0 radical (unpaired) electrons. The summed E-state index contributed by atoms with van der Waals surface area (Å²) in [5.41, 5.74) is 2.98. The second-order valence-corrected chi connectivity index (χ2v) is 4.42. The fourth-order valence-corrected chi connectivity index (χ4v) is 1.45. The highest BCUT2D eigenvalue weighted by atomic mass is 19.5. The van der Waals surface area contributed by atoms with Gasteiger partial charge in [-0.05, 0) is 26.0 Å². The fourth-order valence-electron chi connectivity index (χ4n) is 1.45. The van der Waals surface area contributed by atoms with E-state index in [4.69, 9.17) is 0 Å². The predicted molar refractivity (Wildman–Crippen MR) is 77.9 cm³/mol. The first-order valence-corrected chi connectivity index (χ1v) is 6.63. The van der Waals surface area contributed by atoms with E-state index < -0.39 is 7.25 Å². The lowest BCUT2D eigenvalue weighted by molar-refractivity contribution is -0.693. The lowest BCUT2D eigenvalue weighted by Gasteiger charge is -1.94. The highest BCUT2D eigenvalue weighted by Crippen LogP contribution is 2.17. The number of hydrogen-bond donors (Lipinski definition) is 0. The summed E-state index contributed by atoms with van der Waals surface area (Å²) in [6.07, 6.45) is 4.01. The average Bonchev–Trinajstić information content (AvgIpc) is 2.45. The molecule has 0 aliphatic rings. The molecule has 0 amide bonds. The molecule has 0 bridgehead atoms. The van der Waals surface area contributed by atoms with Crippen molar-refractivity contribution in [2.75, 3.05) is 0 Å². The van der Waals surface area contributed by atoms with Crippen LogP contribution in [0, 0.1) is 6.92 Å². The summed E-state index contributed by atoms with van der Waals surface area (Å²) in [6, 6.07) is 11.9. The van der Waals surface area contributed by atoms with Crippen LogP contribution in [-0.2, 0) is 6.54 Å². The Morgan fingerprint density at radius 2 is 1.27 bits per heavy atom. The largest absolute Gasteiger partial charge is 0.673 e. The molecule has 0 atom stereocenters. The number of halogens is 4. The lowest BCUT2D eigenvalue weighted by atomic mass is 10.2. The van der Waals surface area contributed by atoms with E-state index >= 15 is 0 Å². The minimum absolute atomic E-state index is 0.871. The topological polar surface area (TPSA) is 28.6 Å². The molecule has 1 aromatic heterocycles. The minimum Gasteiger partial charge on any atom is -0.418 e. The molecule has 0 unspecified atom stereocenters. The summed E-state index contributed by atoms with van der Waals surface area (Å²) < 4.78 is 41.1. The first-order valence-electron chi connectivity index (χ1n) is 6.63. The maximum atomic E-state index is 9.75. The van der Waals surface area contributed by atoms with Crippen molar-refractivity contribution in [2.24, 2.45) is 10.2 Å². The Kier molecular flexibility index (Phi) is 6.68. The molecule has 0 saturated carbocycles. The van der Waals surface area contributed by atoms with Gasteiger partial charge in [-0.1, -0.05) is 17.7 Å². The normalized spacial score (nSPS) is 11.2. The van der Waals surface area contributed by atoms with E-state index in [9.17, 15) is 17.3 Å². The van der Waals surface area contributed by atoms with Crippen molar-refractivity contribution >= 4 is 18.6 Å².